The number of nitrogens with zero attached hydrogens (tertiary/aromatic N) is 1. The van der Waals surface area contributed by atoms with Crippen molar-refractivity contribution in [2.45, 2.75) is 39.8 Å². The van der Waals surface area contributed by atoms with Crippen LogP contribution in [0.4, 0.5) is 8.78 Å². The molecule has 1 aromatic carbocycles. The zero-order valence-electron chi connectivity index (χ0n) is 13.8. The van der Waals surface area contributed by atoms with Crippen LogP contribution in [0.25, 0.3) is 0 Å². The SMILES string of the molecule is CC(C)Cc1cc(CNC(=O)C(C)Oc2ccc(F)cc2F)on1. The zero-order chi connectivity index (χ0) is 17.7. The highest BCUT2D eigenvalue weighted by Crippen LogP contribution is 2.19. The average Bonchev–Trinajstić information content (AvgIpc) is 2.94. The normalized spacial score (nSPS) is 12.2. The maximum atomic E-state index is 13.5. The van der Waals surface area contributed by atoms with E-state index in [9.17, 15) is 13.6 Å². The van der Waals surface area contributed by atoms with Gasteiger partial charge in [0, 0.05) is 12.1 Å². The molecule has 1 amide bonds. The first-order chi connectivity index (χ1) is 11.3. The molecule has 0 saturated heterocycles. The van der Waals surface area contributed by atoms with Crippen LogP contribution < -0.4 is 10.1 Å². The Morgan fingerprint density at radius 3 is 2.71 bits per heavy atom. The second-order valence-corrected chi connectivity index (χ2v) is 5.94. The molecule has 1 unspecified atom stereocenters. The topological polar surface area (TPSA) is 64.4 Å². The number of carbonyl (C=O) groups excluding carboxylic acids is 1. The Morgan fingerprint density at radius 2 is 2.04 bits per heavy atom. The first kappa shape index (κ1) is 17.9. The van der Waals surface area contributed by atoms with Crippen LogP contribution in [0.5, 0.6) is 5.75 Å². The van der Waals surface area contributed by atoms with E-state index in [0.29, 0.717) is 17.7 Å². The van der Waals surface area contributed by atoms with Crippen molar-refractivity contribution in [3.63, 3.8) is 0 Å². The van der Waals surface area contributed by atoms with Crippen molar-refractivity contribution in [2.75, 3.05) is 0 Å². The van der Waals surface area contributed by atoms with Gasteiger partial charge in [0.2, 0.25) is 0 Å². The molecule has 130 valence electrons. The molecule has 1 N–H and O–H groups in total. The number of aromatic nitrogens is 1. The fraction of sp³-hybridized carbons (Fsp3) is 0.412. The van der Waals surface area contributed by atoms with Gasteiger partial charge in [0.15, 0.2) is 23.4 Å². The zero-order valence-corrected chi connectivity index (χ0v) is 13.8. The molecule has 0 aliphatic heterocycles. The molecule has 5 nitrogen and oxygen atoms in total. The predicted molar refractivity (Wildman–Crippen MR) is 83.3 cm³/mol. The van der Waals surface area contributed by atoms with Crippen molar-refractivity contribution in [1.82, 2.24) is 10.5 Å². The predicted octanol–water partition coefficient (Wildman–Crippen LogP) is 3.24. The van der Waals surface area contributed by atoms with Gasteiger partial charge in [-0.3, -0.25) is 4.79 Å². The molecule has 0 aliphatic carbocycles. The average molecular weight is 338 g/mol. The molecule has 0 fully saturated rings. The minimum Gasteiger partial charge on any atom is -0.478 e. The Bertz CT molecular complexity index is 701. The van der Waals surface area contributed by atoms with E-state index in [1.54, 1.807) is 6.07 Å². The highest BCUT2D eigenvalue weighted by atomic mass is 19.1. The molecule has 0 spiro atoms. The monoisotopic (exact) mass is 338 g/mol. The Labute approximate surface area is 139 Å². The molecule has 24 heavy (non-hydrogen) atoms. The van der Waals surface area contributed by atoms with E-state index in [1.165, 1.54) is 6.92 Å². The van der Waals surface area contributed by atoms with Gasteiger partial charge in [0.05, 0.1) is 12.2 Å². The fourth-order valence-electron chi connectivity index (χ4n) is 2.09. The van der Waals surface area contributed by atoms with Crippen LogP contribution in [0.2, 0.25) is 0 Å². The van der Waals surface area contributed by atoms with Crippen LogP contribution in [0, 0.1) is 17.6 Å². The number of nitrogens with one attached hydrogen (secondary N) is 1. The summed E-state index contributed by atoms with van der Waals surface area (Å²) in [5.74, 6) is -1.21. The first-order valence-corrected chi connectivity index (χ1v) is 7.69. The summed E-state index contributed by atoms with van der Waals surface area (Å²) in [4.78, 5) is 12.0. The maximum absolute atomic E-state index is 13.5. The summed E-state index contributed by atoms with van der Waals surface area (Å²) in [6, 6.07) is 4.69. The van der Waals surface area contributed by atoms with Gasteiger partial charge in [0.25, 0.3) is 5.91 Å². The number of ether oxygens (including phenoxy) is 1. The number of benzene rings is 1. The third-order valence-electron chi connectivity index (χ3n) is 3.23. The second kappa shape index (κ2) is 7.90. The van der Waals surface area contributed by atoms with Crippen LogP contribution in [-0.2, 0) is 17.8 Å². The van der Waals surface area contributed by atoms with Gasteiger partial charge in [-0.15, -0.1) is 0 Å². The number of halogens is 2. The summed E-state index contributed by atoms with van der Waals surface area (Å²) in [5, 5.41) is 6.55. The number of rotatable bonds is 7. The summed E-state index contributed by atoms with van der Waals surface area (Å²) in [5.41, 5.74) is 0.826. The van der Waals surface area contributed by atoms with Gasteiger partial charge in [-0.25, -0.2) is 8.78 Å². The second-order valence-electron chi connectivity index (χ2n) is 5.94. The van der Waals surface area contributed by atoms with Crippen LogP contribution in [-0.4, -0.2) is 17.2 Å². The molecule has 1 aromatic heterocycles. The van der Waals surface area contributed by atoms with Crippen molar-refractivity contribution < 1.29 is 22.8 Å². The van der Waals surface area contributed by atoms with E-state index < -0.39 is 23.6 Å². The smallest absolute Gasteiger partial charge is 0.261 e. The largest absolute Gasteiger partial charge is 0.478 e. The third kappa shape index (κ3) is 5.04. The standard InChI is InChI=1S/C17H20F2N2O3/c1-10(2)6-13-8-14(24-21-13)9-20-17(22)11(3)23-16-5-4-12(18)7-15(16)19/h4-5,7-8,10-11H,6,9H2,1-3H3,(H,20,22). The van der Waals surface area contributed by atoms with Gasteiger partial charge in [-0.1, -0.05) is 19.0 Å². The van der Waals surface area contributed by atoms with E-state index in [1.807, 2.05) is 0 Å². The van der Waals surface area contributed by atoms with Gasteiger partial charge >= 0.3 is 0 Å². The third-order valence-corrected chi connectivity index (χ3v) is 3.23. The van der Waals surface area contributed by atoms with E-state index in [-0.39, 0.29) is 12.3 Å². The number of hydrogen-bond donors (Lipinski definition) is 1. The minimum absolute atomic E-state index is 0.156. The van der Waals surface area contributed by atoms with Crippen molar-refractivity contribution in [2.24, 2.45) is 5.92 Å². The summed E-state index contributed by atoms with van der Waals surface area (Å²) in [7, 11) is 0. The van der Waals surface area contributed by atoms with E-state index in [2.05, 4.69) is 24.3 Å². The van der Waals surface area contributed by atoms with Gasteiger partial charge in [-0.2, -0.15) is 0 Å². The van der Waals surface area contributed by atoms with Crippen LogP contribution in [0.1, 0.15) is 32.2 Å². The Hall–Kier alpha value is -2.44. The lowest BCUT2D eigenvalue weighted by Crippen LogP contribution is -2.36. The molecular formula is C17H20F2N2O3. The van der Waals surface area contributed by atoms with Crippen LogP contribution in [0.3, 0.4) is 0 Å². The molecule has 1 atom stereocenters. The number of hydrogen-bond acceptors (Lipinski definition) is 4. The summed E-state index contributed by atoms with van der Waals surface area (Å²) < 4.78 is 36.7. The van der Waals surface area contributed by atoms with Gasteiger partial charge in [0.1, 0.15) is 5.82 Å². The number of amides is 1. The molecule has 0 bridgehead atoms. The van der Waals surface area contributed by atoms with Gasteiger partial charge < -0.3 is 14.6 Å². The molecule has 0 saturated carbocycles. The lowest BCUT2D eigenvalue weighted by Gasteiger charge is -2.14. The Kier molecular flexibility index (Phi) is 5.89. The Balaban J connectivity index is 1.86. The van der Waals surface area contributed by atoms with E-state index in [0.717, 1.165) is 24.2 Å². The number of carbonyl (C=O) groups is 1. The van der Waals surface area contributed by atoms with Gasteiger partial charge in [-0.05, 0) is 31.4 Å². The van der Waals surface area contributed by atoms with Crippen LogP contribution >= 0.6 is 0 Å². The highest BCUT2D eigenvalue weighted by Gasteiger charge is 2.17. The molecular weight excluding hydrogens is 318 g/mol. The summed E-state index contributed by atoms with van der Waals surface area (Å²) >= 11 is 0. The fourth-order valence-corrected chi connectivity index (χ4v) is 2.09. The summed E-state index contributed by atoms with van der Waals surface area (Å²) in [6.45, 7) is 5.78. The lowest BCUT2D eigenvalue weighted by molar-refractivity contribution is -0.127. The van der Waals surface area contributed by atoms with Crippen molar-refractivity contribution in [1.29, 1.82) is 0 Å². The highest BCUT2D eigenvalue weighted by molar-refractivity contribution is 5.80. The first-order valence-electron chi connectivity index (χ1n) is 7.69. The quantitative estimate of drug-likeness (QED) is 0.842. The lowest BCUT2D eigenvalue weighted by atomic mass is 10.1. The molecule has 2 rings (SSSR count). The summed E-state index contributed by atoms with van der Waals surface area (Å²) in [6.07, 6.45) is -0.149. The van der Waals surface area contributed by atoms with E-state index >= 15 is 0 Å². The van der Waals surface area contributed by atoms with Crippen molar-refractivity contribution in [3.8, 4) is 5.75 Å². The molecule has 1 heterocycles. The van der Waals surface area contributed by atoms with E-state index in [4.69, 9.17) is 9.26 Å². The maximum Gasteiger partial charge on any atom is 0.261 e. The minimum atomic E-state index is -0.942. The molecule has 0 aliphatic rings. The molecule has 2 aromatic rings. The molecule has 0 radical (unpaired) electrons. The van der Waals surface area contributed by atoms with Crippen molar-refractivity contribution >= 4 is 5.91 Å². The molecule has 7 heteroatoms. The Morgan fingerprint density at radius 1 is 1.29 bits per heavy atom. The van der Waals surface area contributed by atoms with Crippen LogP contribution in [0.15, 0.2) is 28.8 Å². The van der Waals surface area contributed by atoms with Crippen molar-refractivity contribution in [3.05, 3.63) is 47.4 Å².